The van der Waals surface area contributed by atoms with Gasteiger partial charge in [-0.1, -0.05) is 18.2 Å². The van der Waals surface area contributed by atoms with Crippen LogP contribution in [0.5, 0.6) is 0 Å². The van der Waals surface area contributed by atoms with E-state index in [-0.39, 0.29) is 11.6 Å². The summed E-state index contributed by atoms with van der Waals surface area (Å²) in [5.41, 5.74) is 2.71. The summed E-state index contributed by atoms with van der Waals surface area (Å²) in [4.78, 5) is 27.8. The number of anilines is 1. The molecule has 7 heteroatoms. The van der Waals surface area contributed by atoms with E-state index in [9.17, 15) is 9.59 Å². The number of benzene rings is 1. The molecule has 2 aromatic heterocycles. The van der Waals surface area contributed by atoms with E-state index >= 15 is 0 Å². The lowest BCUT2D eigenvalue weighted by molar-refractivity contribution is 0.0594. The Morgan fingerprint density at radius 1 is 1.08 bits per heavy atom. The number of carbonyl (C=O) groups excluding carboxylic acids is 2. The molecule has 0 unspecified atom stereocenters. The zero-order valence-corrected chi connectivity index (χ0v) is 13.8. The first-order chi connectivity index (χ1) is 12.1. The fourth-order valence-corrected chi connectivity index (χ4v) is 2.35. The van der Waals surface area contributed by atoms with E-state index in [2.05, 4.69) is 20.1 Å². The average molecular weight is 336 g/mol. The van der Waals surface area contributed by atoms with Crippen LogP contribution in [0.25, 0.3) is 5.69 Å². The van der Waals surface area contributed by atoms with Crippen LogP contribution in [-0.4, -0.2) is 33.8 Å². The number of ether oxygens (including phenoxy) is 1. The standard InChI is InChI=1S/C18H16N4O3/c1-12-15(11-20-22(12)14-6-4-3-5-7-14)17(23)21-13-8-9-16(19-10-13)18(24)25-2/h3-11H,1-2H3,(H,21,23). The summed E-state index contributed by atoms with van der Waals surface area (Å²) in [6.07, 6.45) is 2.93. The van der Waals surface area contributed by atoms with Crippen LogP contribution < -0.4 is 5.32 Å². The number of nitrogens with one attached hydrogen (secondary N) is 1. The van der Waals surface area contributed by atoms with Crippen molar-refractivity contribution in [1.82, 2.24) is 14.8 Å². The molecule has 0 saturated carbocycles. The molecule has 1 N–H and O–H groups in total. The molecule has 0 fully saturated rings. The second-order valence-corrected chi connectivity index (χ2v) is 5.27. The number of methoxy groups -OCH3 is 1. The molecule has 0 aliphatic carbocycles. The summed E-state index contributed by atoms with van der Waals surface area (Å²) in [6, 6.07) is 12.6. The number of rotatable bonds is 4. The molecule has 3 rings (SSSR count). The number of aromatic nitrogens is 3. The Bertz CT molecular complexity index is 902. The van der Waals surface area contributed by atoms with Gasteiger partial charge in [0.1, 0.15) is 5.69 Å². The van der Waals surface area contributed by atoms with Crippen molar-refractivity contribution in [3.8, 4) is 5.69 Å². The minimum atomic E-state index is -0.530. The Hall–Kier alpha value is -3.48. The lowest BCUT2D eigenvalue weighted by Gasteiger charge is -2.07. The molecule has 2 heterocycles. The summed E-state index contributed by atoms with van der Waals surface area (Å²) in [6.45, 7) is 1.83. The molecule has 1 aromatic carbocycles. The topological polar surface area (TPSA) is 86.1 Å². The van der Waals surface area contributed by atoms with Crippen LogP contribution in [0.15, 0.2) is 54.9 Å². The van der Waals surface area contributed by atoms with Gasteiger partial charge in [-0.15, -0.1) is 0 Å². The first-order valence-electron chi connectivity index (χ1n) is 7.56. The zero-order chi connectivity index (χ0) is 17.8. The van der Waals surface area contributed by atoms with E-state index in [1.165, 1.54) is 25.6 Å². The first kappa shape index (κ1) is 16.4. The van der Waals surface area contributed by atoms with E-state index in [1.54, 1.807) is 10.7 Å². The molecule has 25 heavy (non-hydrogen) atoms. The summed E-state index contributed by atoms with van der Waals surface area (Å²) < 4.78 is 6.29. The Kier molecular flexibility index (Phi) is 4.56. The predicted molar refractivity (Wildman–Crippen MR) is 91.8 cm³/mol. The number of pyridine rings is 1. The molecule has 3 aromatic rings. The van der Waals surface area contributed by atoms with Gasteiger partial charge >= 0.3 is 5.97 Å². The monoisotopic (exact) mass is 336 g/mol. The van der Waals surface area contributed by atoms with Crippen molar-refractivity contribution in [1.29, 1.82) is 0 Å². The Morgan fingerprint density at radius 2 is 1.84 bits per heavy atom. The minimum absolute atomic E-state index is 0.175. The van der Waals surface area contributed by atoms with Crippen LogP contribution in [0.1, 0.15) is 26.5 Å². The molecular formula is C18H16N4O3. The first-order valence-corrected chi connectivity index (χ1v) is 7.56. The van der Waals surface area contributed by atoms with Gasteiger partial charge in [0.2, 0.25) is 0 Å². The van der Waals surface area contributed by atoms with Crippen LogP contribution in [0, 0.1) is 6.92 Å². The lowest BCUT2D eigenvalue weighted by Crippen LogP contribution is -2.14. The van der Waals surface area contributed by atoms with Gasteiger partial charge in [0.05, 0.1) is 42.1 Å². The predicted octanol–water partition coefficient (Wildman–Crippen LogP) is 2.61. The number of esters is 1. The third kappa shape index (κ3) is 3.40. The van der Waals surface area contributed by atoms with Crippen LogP contribution in [0.4, 0.5) is 5.69 Å². The Morgan fingerprint density at radius 3 is 2.48 bits per heavy atom. The third-order valence-corrected chi connectivity index (χ3v) is 3.67. The molecule has 0 aliphatic heterocycles. The van der Waals surface area contributed by atoms with E-state index in [0.29, 0.717) is 11.3 Å². The van der Waals surface area contributed by atoms with Crippen molar-refractivity contribution in [2.45, 2.75) is 6.92 Å². The highest BCUT2D eigenvalue weighted by atomic mass is 16.5. The van der Waals surface area contributed by atoms with Gasteiger partial charge in [0.15, 0.2) is 0 Å². The highest BCUT2D eigenvalue weighted by molar-refractivity contribution is 6.05. The van der Waals surface area contributed by atoms with Gasteiger partial charge in [-0.05, 0) is 31.2 Å². The van der Waals surface area contributed by atoms with Crippen LogP contribution in [-0.2, 0) is 4.74 Å². The maximum absolute atomic E-state index is 12.5. The van der Waals surface area contributed by atoms with Crippen molar-refractivity contribution >= 4 is 17.6 Å². The highest BCUT2D eigenvalue weighted by Gasteiger charge is 2.16. The van der Waals surface area contributed by atoms with Gasteiger partial charge in [-0.25, -0.2) is 14.5 Å². The third-order valence-electron chi connectivity index (χ3n) is 3.67. The quantitative estimate of drug-likeness (QED) is 0.740. The second kappa shape index (κ2) is 6.96. The molecular weight excluding hydrogens is 320 g/mol. The zero-order valence-electron chi connectivity index (χ0n) is 13.8. The van der Waals surface area contributed by atoms with Gasteiger partial charge in [0, 0.05) is 0 Å². The number of carbonyl (C=O) groups is 2. The molecule has 0 spiro atoms. The summed E-state index contributed by atoms with van der Waals surface area (Å²) >= 11 is 0. The number of hydrogen-bond acceptors (Lipinski definition) is 5. The maximum atomic E-state index is 12.5. The van der Waals surface area contributed by atoms with Crippen LogP contribution in [0.3, 0.4) is 0 Å². The van der Waals surface area contributed by atoms with Crippen LogP contribution in [0.2, 0.25) is 0 Å². The summed E-state index contributed by atoms with van der Waals surface area (Å²) in [5, 5.41) is 7.02. The van der Waals surface area contributed by atoms with E-state index < -0.39 is 5.97 Å². The molecule has 0 aliphatic rings. The van der Waals surface area contributed by atoms with Gasteiger partial charge < -0.3 is 10.1 Å². The van der Waals surface area contributed by atoms with Gasteiger partial charge in [-0.2, -0.15) is 5.10 Å². The molecule has 0 saturated heterocycles. The lowest BCUT2D eigenvalue weighted by atomic mass is 10.2. The van der Waals surface area contributed by atoms with E-state index in [0.717, 1.165) is 11.4 Å². The molecule has 0 bridgehead atoms. The van der Waals surface area contributed by atoms with Gasteiger partial charge in [0.25, 0.3) is 5.91 Å². The highest BCUT2D eigenvalue weighted by Crippen LogP contribution is 2.16. The van der Waals surface area contributed by atoms with Crippen molar-refractivity contribution in [2.75, 3.05) is 12.4 Å². The molecule has 126 valence electrons. The van der Waals surface area contributed by atoms with Gasteiger partial charge in [-0.3, -0.25) is 4.79 Å². The van der Waals surface area contributed by atoms with Crippen molar-refractivity contribution in [2.24, 2.45) is 0 Å². The van der Waals surface area contributed by atoms with E-state index in [4.69, 9.17) is 0 Å². The van der Waals surface area contributed by atoms with E-state index in [1.807, 2.05) is 37.3 Å². The second-order valence-electron chi connectivity index (χ2n) is 5.27. The normalized spacial score (nSPS) is 10.3. The molecule has 1 amide bonds. The number of amides is 1. The van der Waals surface area contributed by atoms with Crippen LogP contribution >= 0.6 is 0 Å². The SMILES string of the molecule is COC(=O)c1ccc(NC(=O)c2cnn(-c3ccccc3)c2C)cn1. The number of para-hydroxylation sites is 1. The minimum Gasteiger partial charge on any atom is -0.464 e. The number of nitrogens with zero attached hydrogens (tertiary/aromatic N) is 3. The smallest absolute Gasteiger partial charge is 0.356 e. The van der Waals surface area contributed by atoms with Crippen molar-refractivity contribution < 1.29 is 14.3 Å². The largest absolute Gasteiger partial charge is 0.464 e. The fraction of sp³-hybridized carbons (Fsp3) is 0.111. The van der Waals surface area contributed by atoms with Crippen molar-refractivity contribution in [3.63, 3.8) is 0 Å². The Labute approximate surface area is 144 Å². The summed E-state index contributed by atoms with van der Waals surface area (Å²) in [7, 11) is 1.28. The molecule has 7 nitrogen and oxygen atoms in total. The average Bonchev–Trinajstić information content (AvgIpc) is 3.04. The molecule has 0 radical (unpaired) electrons. The summed E-state index contributed by atoms with van der Waals surface area (Å²) in [5.74, 6) is -0.829. The Balaban J connectivity index is 1.78. The van der Waals surface area contributed by atoms with Crippen molar-refractivity contribution in [3.05, 3.63) is 71.8 Å². The maximum Gasteiger partial charge on any atom is 0.356 e. The fourth-order valence-electron chi connectivity index (χ4n) is 2.35. The number of hydrogen-bond donors (Lipinski definition) is 1. The molecule has 0 atom stereocenters.